The molecule has 1 aromatic heterocycles. The number of hydrogen-bond acceptors (Lipinski definition) is 3. The molecule has 1 aliphatic carbocycles. The first-order valence-corrected chi connectivity index (χ1v) is 4.48. The zero-order chi connectivity index (χ0) is 9.54. The molecule has 0 fully saturated rings. The van der Waals surface area contributed by atoms with Crippen LogP contribution >= 0.6 is 0 Å². The van der Waals surface area contributed by atoms with Crippen molar-refractivity contribution in [2.45, 2.75) is 12.3 Å². The third-order valence-electron chi connectivity index (χ3n) is 2.61. The van der Waals surface area contributed by atoms with Crippen LogP contribution in [0, 0.1) is 0 Å². The molecule has 4 heteroatoms. The van der Waals surface area contributed by atoms with Crippen LogP contribution in [0.4, 0.5) is 0 Å². The number of nitrogens with zero attached hydrogens (tertiary/aromatic N) is 1. The monoisotopic (exact) mass is 188 g/mol. The van der Waals surface area contributed by atoms with Crippen molar-refractivity contribution in [1.29, 1.82) is 0 Å². The summed E-state index contributed by atoms with van der Waals surface area (Å²) in [7, 11) is 0. The maximum absolute atomic E-state index is 10.8. The van der Waals surface area contributed by atoms with Gasteiger partial charge in [0.05, 0.1) is 5.92 Å². The first-order chi connectivity index (χ1) is 6.84. The quantitative estimate of drug-likeness (QED) is 0.727. The second-order valence-electron chi connectivity index (χ2n) is 3.41. The Labute approximate surface area is 79.6 Å². The van der Waals surface area contributed by atoms with Crippen LogP contribution in [0.15, 0.2) is 33.5 Å². The maximum atomic E-state index is 10.8. The molecule has 3 rings (SSSR count). The van der Waals surface area contributed by atoms with E-state index in [9.17, 15) is 4.79 Å². The third kappa shape index (κ3) is 0.937. The predicted octanol–water partition coefficient (Wildman–Crippen LogP) is 1.05. The van der Waals surface area contributed by atoms with Crippen LogP contribution in [0.3, 0.4) is 0 Å². The third-order valence-corrected chi connectivity index (χ3v) is 2.61. The summed E-state index contributed by atoms with van der Waals surface area (Å²) in [5, 5.41) is 6.11. The fraction of sp³-hybridized carbons (Fsp3) is 0.200. The van der Waals surface area contributed by atoms with E-state index in [0.717, 1.165) is 6.42 Å². The van der Waals surface area contributed by atoms with E-state index in [1.807, 2.05) is 18.2 Å². The lowest BCUT2D eigenvalue weighted by Gasteiger charge is -2.26. The normalized spacial score (nSPS) is 18.7. The Morgan fingerprint density at radius 3 is 3.00 bits per heavy atom. The smallest absolute Gasteiger partial charge is 0.392 e. The number of nitrogens with one attached hydrogen (secondary N) is 1. The van der Waals surface area contributed by atoms with E-state index >= 15 is 0 Å². The van der Waals surface area contributed by atoms with Crippen molar-refractivity contribution in [3.63, 3.8) is 0 Å². The lowest BCUT2D eigenvalue weighted by Crippen LogP contribution is -2.18. The van der Waals surface area contributed by atoms with E-state index in [1.54, 1.807) is 0 Å². The van der Waals surface area contributed by atoms with Gasteiger partial charge in [-0.25, -0.2) is 9.89 Å². The number of H-pyrrole nitrogens is 1. The van der Waals surface area contributed by atoms with Gasteiger partial charge in [0.25, 0.3) is 0 Å². The van der Waals surface area contributed by atoms with Gasteiger partial charge in [-0.15, -0.1) is 5.10 Å². The molecule has 14 heavy (non-hydrogen) atoms. The Hall–Kier alpha value is -1.84. The highest BCUT2D eigenvalue weighted by molar-refractivity contribution is 5.43. The minimum atomic E-state index is -0.482. The van der Waals surface area contributed by atoms with E-state index < -0.39 is 5.76 Å². The number of rotatable bonds is 1. The Morgan fingerprint density at radius 2 is 2.29 bits per heavy atom. The molecule has 1 N–H and O–H groups in total. The summed E-state index contributed by atoms with van der Waals surface area (Å²) >= 11 is 0. The molecule has 2 aromatic rings. The highest BCUT2D eigenvalue weighted by atomic mass is 16.4. The SMILES string of the molecule is O=c1[nH]nc(C2Cc3ccccc32)o1. The Kier molecular flexibility index (Phi) is 1.39. The molecule has 0 bridgehead atoms. The molecule has 1 heterocycles. The maximum Gasteiger partial charge on any atom is 0.434 e. The number of aromatic nitrogens is 2. The zero-order valence-corrected chi connectivity index (χ0v) is 7.36. The van der Waals surface area contributed by atoms with Crippen LogP contribution in [0.1, 0.15) is 22.9 Å². The van der Waals surface area contributed by atoms with E-state index in [4.69, 9.17) is 4.42 Å². The topological polar surface area (TPSA) is 58.9 Å². The summed E-state index contributed by atoms with van der Waals surface area (Å²) in [6.07, 6.45) is 0.907. The van der Waals surface area contributed by atoms with E-state index in [2.05, 4.69) is 16.3 Å². The van der Waals surface area contributed by atoms with E-state index in [-0.39, 0.29) is 5.92 Å². The molecule has 1 aromatic carbocycles. The van der Waals surface area contributed by atoms with Crippen molar-refractivity contribution < 1.29 is 4.42 Å². The average molecular weight is 188 g/mol. The molecule has 1 unspecified atom stereocenters. The molecular formula is C10H8N2O2. The van der Waals surface area contributed by atoms with E-state index in [1.165, 1.54) is 11.1 Å². The zero-order valence-electron chi connectivity index (χ0n) is 7.36. The fourth-order valence-electron chi connectivity index (χ4n) is 1.87. The fourth-order valence-corrected chi connectivity index (χ4v) is 1.87. The Bertz CT molecular complexity index is 527. The minimum absolute atomic E-state index is 0.158. The number of aromatic amines is 1. The number of fused-ring (bicyclic) bond motifs is 1. The second-order valence-corrected chi connectivity index (χ2v) is 3.41. The van der Waals surface area contributed by atoms with Gasteiger partial charge in [-0.1, -0.05) is 24.3 Å². The van der Waals surface area contributed by atoms with Crippen LogP contribution in [-0.2, 0) is 6.42 Å². The van der Waals surface area contributed by atoms with Gasteiger partial charge >= 0.3 is 5.76 Å². The van der Waals surface area contributed by atoms with Crippen LogP contribution in [0.25, 0.3) is 0 Å². The largest absolute Gasteiger partial charge is 0.434 e. The molecule has 0 aliphatic heterocycles. The first kappa shape index (κ1) is 7.55. The average Bonchev–Trinajstić information content (AvgIpc) is 2.54. The van der Waals surface area contributed by atoms with Crippen molar-refractivity contribution in [3.05, 3.63) is 51.8 Å². The molecule has 4 nitrogen and oxygen atoms in total. The van der Waals surface area contributed by atoms with Crippen molar-refractivity contribution in [2.24, 2.45) is 0 Å². The predicted molar refractivity (Wildman–Crippen MR) is 49.1 cm³/mol. The van der Waals surface area contributed by atoms with Crippen molar-refractivity contribution in [2.75, 3.05) is 0 Å². The van der Waals surface area contributed by atoms with Crippen LogP contribution in [0.5, 0.6) is 0 Å². The molecule has 0 amide bonds. The van der Waals surface area contributed by atoms with Crippen LogP contribution < -0.4 is 5.76 Å². The van der Waals surface area contributed by atoms with Gasteiger partial charge in [-0.2, -0.15) is 0 Å². The molecular weight excluding hydrogens is 180 g/mol. The van der Waals surface area contributed by atoms with Crippen LogP contribution in [0.2, 0.25) is 0 Å². The molecule has 0 saturated carbocycles. The highest BCUT2D eigenvalue weighted by Crippen LogP contribution is 2.38. The van der Waals surface area contributed by atoms with Crippen molar-refractivity contribution in [3.8, 4) is 0 Å². The number of benzene rings is 1. The summed E-state index contributed by atoms with van der Waals surface area (Å²) in [4.78, 5) is 10.8. The Morgan fingerprint density at radius 1 is 1.43 bits per heavy atom. The Balaban J connectivity index is 2.03. The lowest BCUT2D eigenvalue weighted by atomic mass is 9.78. The molecule has 0 saturated heterocycles. The summed E-state index contributed by atoms with van der Waals surface area (Å²) in [5.74, 6) is 0.170. The lowest BCUT2D eigenvalue weighted by molar-refractivity contribution is 0.427. The molecule has 1 aliphatic rings. The van der Waals surface area contributed by atoms with Gasteiger partial charge in [0.15, 0.2) is 0 Å². The minimum Gasteiger partial charge on any atom is -0.392 e. The van der Waals surface area contributed by atoms with Crippen molar-refractivity contribution in [1.82, 2.24) is 10.2 Å². The van der Waals surface area contributed by atoms with Gasteiger partial charge in [0.1, 0.15) is 0 Å². The second kappa shape index (κ2) is 2.57. The summed E-state index contributed by atoms with van der Waals surface area (Å²) < 4.78 is 4.92. The van der Waals surface area contributed by atoms with Gasteiger partial charge in [-0.05, 0) is 17.5 Å². The molecule has 0 radical (unpaired) electrons. The molecule has 0 spiro atoms. The van der Waals surface area contributed by atoms with Gasteiger partial charge in [-0.3, -0.25) is 0 Å². The van der Waals surface area contributed by atoms with E-state index in [0.29, 0.717) is 5.89 Å². The summed E-state index contributed by atoms with van der Waals surface area (Å²) in [6.45, 7) is 0. The van der Waals surface area contributed by atoms with Crippen LogP contribution in [-0.4, -0.2) is 10.2 Å². The first-order valence-electron chi connectivity index (χ1n) is 4.48. The standard InChI is InChI=1S/C10H8N2O2/c13-10-12-11-9(14-10)8-5-6-3-1-2-4-7(6)8/h1-4,8H,5H2,(H,12,13). The highest BCUT2D eigenvalue weighted by Gasteiger charge is 2.30. The van der Waals surface area contributed by atoms with Gasteiger partial charge < -0.3 is 4.42 Å². The summed E-state index contributed by atoms with van der Waals surface area (Å²) in [6, 6.07) is 8.11. The molecule has 1 atom stereocenters. The number of hydrogen-bond donors (Lipinski definition) is 1. The van der Waals surface area contributed by atoms with Crippen molar-refractivity contribution >= 4 is 0 Å². The molecule has 70 valence electrons. The summed E-state index contributed by atoms with van der Waals surface area (Å²) in [5.41, 5.74) is 2.52. The van der Waals surface area contributed by atoms with Gasteiger partial charge in [0, 0.05) is 0 Å². The van der Waals surface area contributed by atoms with Gasteiger partial charge in [0.2, 0.25) is 5.89 Å².